The largest absolute Gasteiger partial charge is 0.431 e. The number of rotatable bonds is 8. The number of carbonyl (C=O) groups is 1. The Kier molecular flexibility index (Phi) is 8.34. The van der Waals surface area contributed by atoms with Crippen LogP contribution < -0.4 is 21.7 Å². The summed E-state index contributed by atoms with van der Waals surface area (Å²) in [6, 6.07) is 0.294. The zero-order chi connectivity index (χ0) is 19.5. The van der Waals surface area contributed by atoms with Crippen LogP contribution in [-0.4, -0.2) is 36.2 Å². The van der Waals surface area contributed by atoms with E-state index in [1.807, 2.05) is 0 Å². The van der Waals surface area contributed by atoms with Gasteiger partial charge in [0.2, 0.25) is 0 Å². The van der Waals surface area contributed by atoms with E-state index in [1.165, 1.54) is 24.2 Å². The Morgan fingerprint density at radius 2 is 2.19 bits per heavy atom. The van der Waals surface area contributed by atoms with E-state index in [9.17, 15) is 4.79 Å². The van der Waals surface area contributed by atoms with E-state index in [4.69, 9.17) is 27.2 Å². The first-order valence-corrected chi connectivity index (χ1v) is 8.91. The number of hydrogen-bond acceptors (Lipinski definition) is 7. The molecule has 144 valence electrons. The molecule has 0 radical (unpaired) electrons. The van der Waals surface area contributed by atoms with Crippen LogP contribution in [0.25, 0.3) is 0 Å². The molecule has 1 amide bonds. The molecule has 1 aromatic rings. The fraction of sp³-hybridized carbons (Fsp3) is 0.278. The molecule has 1 saturated heterocycles. The molecule has 9 heteroatoms. The molecular weight excluding hydrogens is 368 g/mol. The van der Waals surface area contributed by atoms with Crippen LogP contribution in [0, 0.1) is 5.41 Å². The second-order valence-electron chi connectivity index (χ2n) is 5.75. The number of hydrogen-bond donors (Lipinski definition) is 5. The molecule has 0 aromatic carbocycles. The molecule has 0 atom stereocenters. The number of nitrogens with one attached hydrogen (secondary N) is 4. The van der Waals surface area contributed by atoms with E-state index in [2.05, 4.69) is 20.9 Å². The number of nitrogen functional groups attached to an aromatic ring is 1. The number of amides is 1. The first-order chi connectivity index (χ1) is 13.1. The predicted molar refractivity (Wildman–Crippen MR) is 106 cm³/mol. The van der Waals surface area contributed by atoms with Crippen molar-refractivity contribution in [2.45, 2.75) is 18.9 Å². The Balaban J connectivity index is 2.05. The summed E-state index contributed by atoms with van der Waals surface area (Å²) in [5, 5.41) is 16.9. The molecule has 0 aliphatic carbocycles. The van der Waals surface area contributed by atoms with Crippen LogP contribution in [0.3, 0.4) is 0 Å². The molecule has 27 heavy (non-hydrogen) atoms. The highest BCUT2D eigenvalue weighted by atomic mass is 35.5. The number of halogens is 1. The van der Waals surface area contributed by atoms with Gasteiger partial charge in [0, 0.05) is 35.8 Å². The molecule has 6 N–H and O–H groups in total. The summed E-state index contributed by atoms with van der Waals surface area (Å²) in [5.41, 5.74) is 8.15. The second kappa shape index (κ2) is 11.0. The third-order valence-corrected chi connectivity index (χ3v) is 4.03. The summed E-state index contributed by atoms with van der Waals surface area (Å²) in [6.07, 6.45) is 12.8. The monoisotopic (exact) mass is 390 g/mol. The fourth-order valence-corrected chi connectivity index (χ4v) is 2.54. The Hall–Kier alpha value is -2.84. The summed E-state index contributed by atoms with van der Waals surface area (Å²) >= 11 is 5.61. The number of oxazole rings is 1. The average Bonchev–Trinajstić information content (AvgIpc) is 3.13. The minimum Gasteiger partial charge on any atom is -0.431 e. The first-order valence-electron chi connectivity index (χ1n) is 8.47. The Bertz CT molecular complexity index is 760. The third kappa shape index (κ3) is 6.76. The number of anilines is 1. The van der Waals surface area contributed by atoms with E-state index in [0.717, 1.165) is 25.9 Å². The van der Waals surface area contributed by atoms with Gasteiger partial charge in [0.15, 0.2) is 5.69 Å². The van der Waals surface area contributed by atoms with Gasteiger partial charge in [0.05, 0.1) is 0 Å². The zero-order valence-corrected chi connectivity index (χ0v) is 15.5. The van der Waals surface area contributed by atoms with Gasteiger partial charge in [-0.15, -0.1) is 0 Å². The lowest BCUT2D eigenvalue weighted by atomic mass is 10.1. The highest BCUT2D eigenvalue weighted by Gasteiger charge is 2.11. The van der Waals surface area contributed by atoms with Gasteiger partial charge in [0.25, 0.3) is 11.9 Å². The quantitative estimate of drug-likeness (QED) is 0.341. The van der Waals surface area contributed by atoms with Gasteiger partial charge in [-0.25, -0.2) is 0 Å². The number of aromatic nitrogens is 1. The van der Waals surface area contributed by atoms with Crippen molar-refractivity contribution in [2.75, 3.05) is 18.8 Å². The maximum absolute atomic E-state index is 12.0. The average molecular weight is 391 g/mol. The molecule has 2 rings (SSSR count). The molecule has 2 heterocycles. The smallest absolute Gasteiger partial charge is 0.292 e. The highest BCUT2D eigenvalue weighted by Crippen LogP contribution is 2.11. The molecule has 1 aliphatic rings. The van der Waals surface area contributed by atoms with Crippen LogP contribution in [-0.2, 0) is 0 Å². The molecule has 0 spiro atoms. The Labute approximate surface area is 162 Å². The van der Waals surface area contributed by atoms with E-state index < -0.39 is 5.91 Å². The topological polar surface area (TPSA) is 129 Å². The molecule has 1 fully saturated rings. The van der Waals surface area contributed by atoms with Gasteiger partial charge in [-0.05, 0) is 37.6 Å². The van der Waals surface area contributed by atoms with Crippen LogP contribution >= 0.6 is 11.6 Å². The van der Waals surface area contributed by atoms with Gasteiger partial charge >= 0.3 is 0 Å². The SMILES string of the molecule is N=CC(=C\NC1CCNCC1)/C(/C=C/NC(=O)c1coc(N)n1)=C/C=C/Cl. The lowest BCUT2D eigenvalue weighted by molar-refractivity contribution is 0.0965. The lowest BCUT2D eigenvalue weighted by Gasteiger charge is -2.23. The number of nitrogens with zero attached hydrogens (tertiary/aromatic N) is 1. The third-order valence-electron chi connectivity index (χ3n) is 3.88. The van der Waals surface area contributed by atoms with E-state index in [1.54, 1.807) is 24.4 Å². The van der Waals surface area contributed by atoms with Gasteiger partial charge in [0.1, 0.15) is 6.26 Å². The summed E-state index contributed by atoms with van der Waals surface area (Å²) in [5.74, 6) is -0.452. The molecule has 1 aliphatic heterocycles. The van der Waals surface area contributed by atoms with Gasteiger partial charge in [-0.2, -0.15) is 4.98 Å². The minimum atomic E-state index is -0.452. The molecule has 0 saturated carbocycles. The Morgan fingerprint density at radius 1 is 1.41 bits per heavy atom. The summed E-state index contributed by atoms with van der Waals surface area (Å²) in [4.78, 5) is 15.7. The van der Waals surface area contributed by atoms with Crippen LogP contribution in [0.2, 0.25) is 0 Å². The van der Waals surface area contributed by atoms with Gasteiger partial charge in [-0.3, -0.25) is 4.79 Å². The standard InChI is InChI=1S/C18H23ClN6O2/c19-6-1-2-13(3-9-23-17(26)16-12-27-18(21)25-16)14(10-20)11-24-15-4-7-22-8-5-15/h1-3,6,9-12,15,20,22,24H,4-5,7-8H2,(H2,21,25)(H,23,26)/b6-1+,9-3+,13-2+,14-11+,20-10?. The van der Waals surface area contributed by atoms with Crippen molar-refractivity contribution in [1.82, 2.24) is 20.9 Å². The van der Waals surface area contributed by atoms with Crippen LogP contribution in [0.5, 0.6) is 0 Å². The Morgan fingerprint density at radius 3 is 2.81 bits per heavy atom. The van der Waals surface area contributed by atoms with Crippen molar-refractivity contribution in [2.24, 2.45) is 0 Å². The summed E-state index contributed by atoms with van der Waals surface area (Å²) in [7, 11) is 0. The van der Waals surface area contributed by atoms with E-state index in [0.29, 0.717) is 17.2 Å². The summed E-state index contributed by atoms with van der Waals surface area (Å²) < 4.78 is 4.81. The second-order valence-corrected chi connectivity index (χ2v) is 6.01. The molecule has 0 bridgehead atoms. The van der Waals surface area contributed by atoms with Crippen molar-refractivity contribution in [3.05, 3.63) is 59.3 Å². The molecule has 8 nitrogen and oxygen atoms in total. The fourth-order valence-electron chi connectivity index (χ4n) is 2.47. The number of carbonyl (C=O) groups excluding carboxylic acids is 1. The zero-order valence-electron chi connectivity index (χ0n) is 14.7. The van der Waals surface area contributed by atoms with Crippen molar-refractivity contribution < 1.29 is 9.21 Å². The number of allylic oxidation sites excluding steroid dienone is 5. The number of nitrogens with two attached hydrogens (primary N) is 1. The minimum absolute atomic E-state index is 0.0741. The van der Waals surface area contributed by atoms with Crippen LogP contribution in [0.15, 0.2) is 58.0 Å². The van der Waals surface area contributed by atoms with Crippen molar-refractivity contribution in [3.63, 3.8) is 0 Å². The van der Waals surface area contributed by atoms with Crippen LogP contribution in [0.1, 0.15) is 23.3 Å². The molecule has 0 unspecified atom stereocenters. The van der Waals surface area contributed by atoms with Gasteiger partial charge in [-0.1, -0.05) is 23.8 Å². The van der Waals surface area contributed by atoms with E-state index >= 15 is 0 Å². The predicted octanol–water partition coefficient (Wildman–Crippen LogP) is 2.05. The van der Waals surface area contributed by atoms with Crippen LogP contribution in [0.4, 0.5) is 6.01 Å². The van der Waals surface area contributed by atoms with Crippen molar-refractivity contribution >= 4 is 29.7 Å². The summed E-state index contributed by atoms with van der Waals surface area (Å²) in [6.45, 7) is 1.95. The lowest BCUT2D eigenvalue weighted by Crippen LogP contribution is -2.37. The number of piperidine rings is 1. The highest BCUT2D eigenvalue weighted by molar-refractivity contribution is 6.25. The maximum Gasteiger partial charge on any atom is 0.292 e. The normalized spacial score (nSPS) is 16.8. The van der Waals surface area contributed by atoms with Crippen molar-refractivity contribution in [1.29, 1.82) is 5.41 Å². The van der Waals surface area contributed by atoms with Crippen molar-refractivity contribution in [3.8, 4) is 0 Å². The van der Waals surface area contributed by atoms with E-state index in [-0.39, 0.29) is 11.7 Å². The maximum atomic E-state index is 12.0. The van der Waals surface area contributed by atoms with Gasteiger partial charge < -0.3 is 31.5 Å². The first kappa shape index (κ1) is 20.5. The molecule has 1 aromatic heterocycles. The molecular formula is C18H23ClN6O2.